The molecule has 2 aromatic heterocycles. The van der Waals surface area contributed by atoms with E-state index in [0.29, 0.717) is 5.52 Å². The Morgan fingerprint density at radius 3 is 3.00 bits per heavy atom. The number of hydrogen-bond acceptors (Lipinski definition) is 4. The number of rotatable bonds is 0. The Kier molecular flexibility index (Phi) is 0.745. The van der Waals surface area contributed by atoms with Gasteiger partial charge in [0.15, 0.2) is 0 Å². The maximum Gasteiger partial charge on any atom is 0.150 e. The van der Waals surface area contributed by atoms with Crippen molar-refractivity contribution in [2.75, 3.05) is 0 Å². The summed E-state index contributed by atoms with van der Waals surface area (Å²) in [6, 6.07) is 0. The molecule has 9 heavy (non-hydrogen) atoms. The van der Waals surface area contributed by atoms with Gasteiger partial charge in [-0.15, -0.1) is 10.2 Å². The largest absolute Gasteiger partial charge is 0.468 e. The van der Waals surface area contributed by atoms with Crippen LogP contribution in [0, 0.1) is 0 Å². The fourth-order valence-corrected chi connectivity index (χ4v) is 0.631. The molecule has 2 aromatic rings. The summed E-state index contributed by atoms with van der Waals surface area (Å²) in [5.41, 5.74) is 1.43. The van der Waals surface area contributed by atoms with Crippen LogP contribution < -0.4 is 0 Å². The fraction of sp³-hybridized carbons (Fsp3) is 0. The molecule has 0 bridgehead atoms. The molecule has 0 aromatic carbocycles. The molecule has 0 fully saturated rings. The quantitative estimate of drug-likeness (QED) is 0.512. The zero-order valence-corrected chi connectivity index (χ0v) is 4.48. The van der Waals surface area contributed by atoms with Crippen molar-refractivity contribution in [3.63, 3.8) is 0 Å². The van der Waals surface area contributed by atoms with Crippen LogP contribution in [0.4, 0.5) is 0 Å². The summed E-state index contributed by atoms with van der Waals surface area (Å²) in [6.07, 6.45) is 4.43. The molecule has 2 rings (SSSR count). The van der Waals surface area contributed by atoms with Crippen molar-refractivity contribution >= 4 is 11.0 Å². The highest BCUT2D eigenvalue weighted by Gasteiger charge is 1.93. The van der Waals surface area contributed by atoms with Gasteiger partial charge in [0.2, 0.25) is 0 Å². The highest BCUT2D eigenvalue weighted by atomic mass is 16.3. The topological polar surface area (TPSA) is 51.8 Å². The highest BCUT2D eigenvalue weighted by Crippen LogP contribution is 2.04. The normalized spacial score (nSPS) is 10.2. The van der Waals surface area contributed by atoms with Crippen molar-refractivity contribution in [3.8, 4) is 0 Å². The Bertz CT molecular complexity index is 286. The minimum atomic E-state index is 0.692. The van der Waals surface area contributed by atoms with E-state index < -0.39 is 0 Å². The van der Waals surface area contributed by atoms with E-state index in [2.05, 4.69) is 15.2 Å². The molecule has 0 aliphatic carbocycles. The Balaban J connectivity index is 2.95. The van der Waals surface area contributed by atoms with E-state index >= 15 is 0 Å². The maximum absolute atomic E-state index is 4.80. The standard InChI is InChI=1S/C5H3N3O/c1-4-5(2-9-1)8-7-3-6-4/h1-3H. The first-order valence-corrected chi connectivity index (χ1v) is 2.46. The summed E-state index contributed by atoms with van der Waals surface area (Å²) in [4.78, 5) is 3.87. The summed E-state index contributed by atoms with van der Waals surface area (Å²) >= 11 is 0. The first-order valence-electron chi connectivity index (χ1n) is 2.46. The van der Waals surface area contributed by atoms with E-state index in [4.69, 9.17) is 4.42 Å². The lowest BCUT2D eigenvalue weighted by molar-refractivity contribution is 0.571. The van der Waals surface area contributed by atoms with Gasteiger partial charge in [0.25, 0.3) is 0 Å². The van der Waals surface area contributed by atoms with Crippen LogP contribution in [0.25, 0.3) is 11.0 Å². The molecule has 2 heterocycles. The smallest absolute Gasteiger partial charge is 0.150 e. The van der Waals surface area contributed by atoms with E-state index in [1.807, 2.05) is 0 Å². The highest BCUT2D eigenvalue weighted by molar-refractivity contribution is 5.70. The molecule has 44 valence electrons. The monoisotopic (exact) mass is 121 g/mol. The van der Waals surface area contributed by atoms with E-state index in [-0.39, 0.29) is 0 Å². The summed E-state index contributed by atoms with van der Waals surface area (Å²) in [7, 11) is 0. The van der Waals surface area contributed by atoms with Crippen molar-refractivity contribution in [3.05, 3.63) is 18.9 Å². The lowest BCUT2D eigenvalue weighted by Gasteiger charge is -1.78. The van der Waals surface area contributed by atoms with Gasteiger partial charge in [0.05, 0.1) is 0 Å². The van der Waals surface area contributed by atoms with Crippen LogP contribution in [0.5, 0.6) is 0 Å². The zero-order valence-electron chi connectivity index (χ0n) is 4.48. The Morgan fingerprint density at radius 1 is 1.22 bits per heavy atom. The zero-order chi connectivity index (χ0) is 6.10. The van der Waals surface area contributed by atoms with Crippen LogP contribution in [-0.2, 0) is 0 Å². The summed E-state index contributed by atoms with van der Waals surface area (Å²) in [6.45, 7) is 0. The molecule has 0 N–H and O–H groups in total. The van der Waals surface area contributed by atoms with Crippen LogP contribution in [-0.4, -0.2) is 15.2 Å². The van der Waals surface area contributed by atoms with E-state index in [1.165, 1.54) is 18.9 Å². The molecule has 0 atom stereocenters. The van der Waals surface area contributed by atoms with Gasteiger partial charge in [0.1, 0.15) is 29.9 Å². The summed E-state index contributed by atoms with van der Waals surface area (Å²) in [5.74, 6) is 0. The van der Waals surface area contributed by atoms with Gasteiger partial charge in [-0.1, -0.05) is 0 Å². The van der Waals surface area contributed by atoms with Crippen LogP contribution in [0.2, 0.25) is 0 Å². The van der Waals surface area contributed by atoms with E-state index in [0.717, 1.165) is 5.52 Å². The molecule has 0 radical (unpaired) electrons. The molecule has 0 saturated heterocycles. The fourth-order valence-electron chi connectivity index (χ4n) is 0.631. The van der Waals surface area contributed by atoms with Crippen molar-refractivity contribution in [2.45, 2.75) is 0 Å². The predicted molar refractivity (Wildman–Crippen MR) is 29.6 cm³/mol. The van der Waals surface area contributed by atoms with Crippen LogP contribution in [0.15, 0.2) is 23.3 Å². The number of aromatic nitrogens is 3. The number of hydrogen-bond donors (Lipinski definition) is 0. The molecule has 0 spiro atoms. The summed E-state index contributed by atoms with van der Waals surface area (Å²) in [5, 5.41) is 7.30. The third kappa shape index (κ3) is 0.561. The van der Waals surface area contributed by atoms with Crippen molar-refractivity contribution in [1.82, 2.24) is 15.2 Å². The summed E-state index contributed by atoms with van der Waals surface area (Å²) < 4.78 is 4.80. The second-order valence-electron chi connectivity index (χ2n) is 1.60. The van der Waals surface area contributed by atoms with Gasteiger partial charge in [-0.3, -0.25) is 0 Å². The molecular formula is C5H3N3O. The molecule has 0 aliphatic rings. The van der Waals surface area contributed by atoms with Gasteiger partial charge in [0, 0.05) is 0 Å². The van der Waals surface area contributed by atoms with E-state index in [9.17, 15) is 0 Å². The van der Waals surface area contributed by atoms with Crippen molar-refractivity contribution in [1.29, 1.82) is 0 Å². The van der Waals surface area contributed by atoms with Crippen molar-refractivity contribution in [2.24, 2.45) is 0 Å². The lowest BCUT2D eigenvalue weighted by atomic mass is 10.5. The Morgan fingerprint density at radius 2 is 2.11 bits per heavy atom. The third-order valence-corrected chi connectivity index (χ3v) is 1.04. The average molecular weight is 121 g/mol. The second kappa shape index (κ2) is 1.51. The first kappa shape index (κ1) is 4.43. The van der Waals surface area contributed by atoms with Crippen LogP contribution >= 0.6 is 0 Å². The minimum Gasteiger partial charge on any atom is -0.468 e. The van der Waals surface area contributed by atoms with Crippen LogP contribution in [0.1, 0.15) is 0 Å². The Hall–Kier alpha value is -1.45. The molecule has 0 unspecified atom stereocenters. The Labute approximate surface area is 50.5 Å². The maximum atomic E-state index is 4.80. The predicted octanol–water partition coefficient (Wildman–Crippen LogP) is 0.618. The van der Waals surface area contributed by atoms with Gasteiger partial charge in [-0.25, -0.2) is 4.98 Å². The molecule has 0 aliphatic heterocycles. The van der Waals surface area contributed by atoms with Crippen molar-refractivity contribution < 1.29 is 4.42 Å². The van der Waals surface area contributed by atoms with Gasteiger partial charge in [-0.2, -0.15) is 0 Å². The third-order valence-electron chi connectivity index (χ3n) is 1.04. The molecule has 4 heteroatoms. The van der Waals surface area contributed by atoms with Gasteiger partial charge < -0.3 is 4.42 Å². The van der Waals surface area contributed by atoms with Crippen LogP contribution in [0.3, 0.4) is 0 Å². The van der Waals surface area contributed by atoms with Gasteiger partial charge in [-0.05, 0) is 0 Å². The van der Waals surface area contributed by atoms with E-state index in [1.54, 1.807) is 0 Å². The lowest BCUT2D eigenvalue weighted by Crippen LogP contribution is -1.80. The molecule has 0 amide bonds. The minimum absolute atomic E-state index is 0.692. The molecule has 4 nitrogen and oxygen atoms in total. The number of fused-ring (bicyclic) bond motifs is 1. The number of furan rings is 1. The average Bonchev–Trinajstić information content (AvgIpc) is 2.33. The molecule has 0 saturated carbocycles. The first-order chi connectivity index (χ1) is 4.47. The molecular weight excluding hydrogens is 118 g/mol. The SMILES string of the molecule is c1nnc2cocc2n1. The second-order valence-corrected chi connectivity index (χ2v) is 1.60. The number of nitrogens with zero attached hydrogens (tertiary/aromatic N) is 3. The van der Waals surface area contributed by atoms with Gasteiger partial charge >= 0.3 is 0 Å².